The first-order valence-corrected chi connectivity index (χ1v) is 7.94. The normalized spacial score (nSPS) is 10.1. The zero-order valence-electron chi connectivity index (χ0n) is 13.6. The second-order valence-corrected chi connectivity index (χ2v) is 5.66. The monoisotopic (exact) mass is 346 g/mol. The van der Waals surface area contributed by atoms with Gasteiger partial charge in [0.15, 0.2) is 6.61 Å². The van der Waals surface area contributed by atoms with Gasteiger partial charge in [-0.3, -0.25) is 9.59 Å². The molecule has 5 nitrogen and oxygen atoms in total. The van der Waals surface area contributed by atoms with Gasteiger partial charge in [-0.2, -0.15) is 0 Å². The van der Waals surface area contributed by atoms with Crippen LogP contribution in [0.3, 0.4) is 0 Å². The fourth-order valence-electron chi connectivity index (χ4n) is 1.99. The maximum absolute atomic E-state index is 12.0. The maximum Gasteiger partial charge on any atom is 0.262 e. The van der Waals surface area contributed by atoms with Crippen molar-refractivity contribution in [3.8, 4) is 5.75 Å². The number of carbonyl (C=O) groups is 2. The highest BCUT2D eigenvalue weighted by Gasteiger charge is 2.09. The Balaban J connectivity index is 1.97. The Labute approximate surface area is 146 Å². The van der Waals surface area contributed by atoms with Crippen LogP contribution in [0.4, 0.5) is 11.4 Å². The minimum atomic E-state index is -0.336. The van der Waals surface area contributed by atoms with Crippen molar-refractivity contribution in [3.63, 3.8) is 0 Å². The van der Waals surface area contributed by atoms with E-state index in [1.54, 1.807) is 31.2 Å². The lowest BCUT2D eigenvalue weighted by molar-refractivity contribution is -0.118. The number of anilines is 2. The van der Waals surface area contributed by atoms with E-state index in [9.17, 15) is 9.59 Å². The third-order valence-electron chi connectivity index (χ3n) is 3.20. The number of carbonyl (C=O) groups excluding carboxylic acids is 2. The van der Waals surface area contributed by atoms with Gasteiger partial charge in [0.2, 0.25) is 5.91 Å². The zero-order chi connectivity index (χ0) is 17.5. The topological polar surface area (TPSA) is 67.4 Å². The van der Waals surface area contributed by atoms with E-state index in [2.05, 4.69) is 10.6 Å². The molecule has 0 aliphatic carbocycles. The van der Waals surface area contributed by atoms with Crippen LogP contribution in [0, 0.1) is 6.92 Å². The smallest absolute Gasteiger partial charge is 0.262 e. The standard InChI is InChI=1S/C18H19ClN2O3/c1-3-17(22)20-13-7-8-15(19)16(10-13)21-18(23)11-24-14-6-4-5-12(2)9-14/h4-10H,3,11H2,1-2H3,(H,20,22)(H,21,23). The number of amides is 2. The fraction of sp³-hybridized carbons (Fsp3) is 0.222. The molecule has 2 amide bonds. The Morgan fingerprint density at radius 3 is 2.58 bits per heavy atom. The molecule has 0 spiro atoms. The van der Waals surface area contributed by atoms with Gasteiger partial charge in [0, 0.05) is 12.1 Å². The largest absolute Gasteiger partial charge is 0.484 e. The molecule has 0 aromatic heterocycles. The van der Waals surface area contributed by atoms with Crippen LogP contribution >= 0.6 is 11.6 Å². The van der Waals surface area contributed by atoms with E-state index in [1.807, 2.05) is 25.1 Å². The van der Waals surface area contributed by atoms with Gasteiger partial charge in [0.1, 0.15) is 5.75 Å². The molecule has 2 aromatic rings. The second kappa shape index (κ2) is 8.36. The summed E-state index contributed by atoms with van der Waals surface area (Å²) in [6, 6.07) is 12.3. The minimum Gasteiger partial charge on any atom is -0.484 e. The lowest BCUT2D eigenvalue weighted by Crippen LogP contribution is -2.20. The lowest BCUT2D eigenvalue weighted by Gasteiger charge is -2.11. The number of hydrogen-bond donors (Lipinski definition) is 2. The summed E-state index contributed by atoms with van der Waals surface area (Å²) in [7, 11) is 0. The van der Waals surface area contributed by atoms with E-state index in [-0.39, 0.29) is 18.4 Å². The van der Waals surface area contributed by atoms with Crippen molar-refractivity contribution < 1.29 is 14.3 Å². The molecule has 0 saturated heterocycles. The molecule has 6 heteroatoms. The Hall–Kier alpha value is -2.53. The number of nitrogens with one attached hydrogen (secondary N) is 2. The van der Waals surface area contributed by atoms with Crippen molar-refractivity contribution in [2.75, 3.05) is 17.2 Å². The van der Waals surface area contributed by atoms with Gasteiger partial charge in [-0.25, -0.2) is 0 Å². The summed E-state index contributed by atoms with van der Waals surface area (Å²) in [5.74, 6) is 0.176. The zero-order valence-corrected chi connectivity index (χ0v) is 14.3. The average molecular weight is 347 g/mol. The third-order valence-corrected chi connectivity index (χ3v) is 3.53. The minimum absolute atomic E-state index is 0.114. The molecule has 0 fully saturated rings. The lowest BCUT2D eigenvalue weighted by atomic mass is 10.2. The molecule has 0 saturated carbocycles. The molecule has 126 valence electrons. The summed E-state index contributed by atoms with van der Waals surface area (Å²) in [5.41, 5.74) is 2.04. The molecule has 0 atom stereocenters. The van der Waals surface area contributed by atoms with Crippen LogP contribution in [-0.2, 0) is 9.59 Å². The molecular formula is C18H19ClN2O3. The predicted molar refractivity (Wildman–Crippen MR) is 95.7 cm³/mol. The van der Waals surface area contributed by atoms with Crippen LogP contribution < -0.4 is 15.4 Å². The third kappa shape index (κ3) is 5.28. The van der Waals surface area contributed by atoms with E-state index in [4.69, 9.17) is 16.3 Å². The molecule has 0 bridgehead atoms. The van der Waals surface area contributed by atoms with Crippen molar-refractivity contribution in [2.24, 2.45) is 0 Å². The van der Waals surface area contributed by atoms with Crippen LogP contribution in [-0.4, -0.2) is 18.4 Å². The van der Waals surface area contributed by atoms with Crippen LogP contribution in [0.2, 0.25) is 5.02 Å². The number of benzene rings is 2. The molecule has 2 aromatic carbocycles. The summed E-state index contributed by atoms with van der Waals surface area (Å²) >= 11 is 6.08. The molecule has 2 N–H and O–H groups in total. The summed E-state index contributed by atoms with van der Waals surface area (Å²) in [6.07, 6.45) is 0.370. The number of rotatable bonds is 6. The Morgan fingerprint density at radius 1 is 1.08 bits per heavy atom. The van der Waals surface area contributed by atoms with E-state index in [0.29, 0.717) is 28.6 Å². The predicted octanol–water partition coefficient (Wildman–Crippen LogP) is 4.01. The van der Waals surface area contributed by atoms with Crippen molar-refractivity contribution in [1.82, 2.24) is 0 Å². The molecule has 2 rings (SSSR count). The fourth-order valence-corrected chi connectivity index (χ4v) is 2.15. The van der Waals surface area contributed by atoms with Gasteiger partial charge in [0.25, 0.3) is 5.91 Å². The number of ether oxygens (including phenoxy) is 1. The SMILES string of the molecule is CCC(=O)Nc1ccc(Cl)c(NC(=O)COc2cccc(C)c2)c1. The maximum atomic E-state index is 12.0. The van der Waals surface area contributed by atoms with Gasteiger partial charge >= 0.3 is 0 Å². The molecule has 0 aliphatic rings. The first-order valence-electron chi connectivity index (χ1n) is 7.56. The van der Waals surface area contributed by atoms with Gasteiger partial charge in [-0.1, -0.05) is 30.7 Å². The van der Waals surface area contributed by atoms with Crippen molar-refractivity contribution in [1.29, 1.82) is 0 Å². The Bertz CT molecular complexity index is 747. The Kier molecular flexibility index (Phi) is 6.21. The highest BCUT2D eigenvalue weighted by atomic mass is 35.5. The molecule has 24 heavy (non-hydrogen) atoms. The summed E-state index contributed by atoms with van der Waals surface area (Å²) < 4.78 is 5.45. The summed E-state index contributed by atoms with van der Waals surface area (Å²) in [4.78, 5) is 23.5. The molecular weight excluding hydrogens is 328 g/mol. The van der Waals surface area contributed by atoms with E-state index in [1.165, 1.54) is 0 Å². The average Bonchev–Trinajstić information content (AvgIpc) is 2.56. The van der Waals surface area contributed by atoms with E-state index in [0.717, 1.165) is 5.56 Å². The van der Waals surface area contributed by atoms with E-state index >= 15 is 0 Å². The van der Waals surface area contributed by atoms with Gasteiger partial charge in [-0.15, -0.1) is 0 Å². The van der Waals surface area contributed by atoms with Crippen LogP contribution in [0.25, 0.3) is 0 Å². The number of halogens is 1. The van der Waals surface area contributed by atoms with Gasteiger partial charge < -0.3 is 15.4 Å². The van der Waals surface area contributed by atoms with Crippen molar-refractivity contribution >= 4 is 34.8 Å². The number of hydrogen-bond acceptors (Lipinski definition) is 3. The van der Waals surface area contributed by atoms with Gasteiger partial charge in [-0.05, 0) is 42.8 Å². The number of aryl methyl sites for hydroxylation is 1. The summed E-state index contributed by atoms with van der Waals surface area (Å²) in [6.45, 7) is 3.57. The van der Waals surface area contributed by atoms with Crippen LogP contribution in [0.5, 0.6) is 5.75 Å². The molecule has 0 unspecified atom stereocenters. The van der Waals surface area contributed by atoms with Crippen molar-refractivity contribution in [2.45, 2.75) is 20.3 Å². The van der Waals surface area contributed by atoms with Crippen molar-refractivity contribution in [3.05, 3.63) is 53.1 Å². The van der Waals surface area contributed by atoms with Crippen LogP contribution in [0.15, 0.2) is 42.5 Å². The first kappa shape index (κ1) is 17.8. The highest BCUT2D eigenvalue weighted by Crippen LogP contribution is 2.25. The molecule has 0 aliphatic heterocycles. The van der Waals surface area contributed by atoms with Gasteiger partial charge in [0.05, 0.1) is 10.7 Å². The highest BCUT2D eigenvalue weighted by molar-refractivity contribution is 6.33. The molecule has 0 radical (unpaired) electrons. The Morgan fingerprint density at radius 2 is 1.88 bits per heavy atom. The quantitative estimate of drug-likeness (QED) is 0.830. The first-order chi connectivity index (χ1) is 11.5. The second-order valence-electron chi connectivity index (χ2n) is 5.25. The summed E-state index contributed by atoms with van der Waals surface area (Å²) in [5, 5.41) is 5.78. The van der Waals surface area contributed by atoms with Crippen LogP contribution in [0.1, 0.15) is 18.9 Å². The molecule has 0 heterocycles. The van der Waals surface area contributed by atoms with E-state index < -0.39 is 0 Å².